The van der Waals surface area contributed by atoms with Crippen LogP contribution in [0.3, 0.4) is 0 Å². The molecule has 0 unspecified atom stereocenters. The number of morpholine rings is 1. The average molecular weight is 437 g/mol. The molecule has 1 saturated heterocycles. The molecule has 1 N–H and O–H groups in total. The molecule has 4 rings (SSSR count). The number of benzene rings is 2. The van der Waals surface area contributed by atoms with Crippen molar-refractivity contribution in [3.63, 3.8) is 0 Å². The zero-order chi connectivity index (χ0) is 21.6. The fourth-order valence-corrected chi connectivity index (χ4v) is 4.55. The van der Waals surface area contributed by atoms with Crippen LogP contribution in [0.15, 0.2) is 60.0 Å². The van der Waals surface area contributed by atoms with Crippen molar-refractivity contribution in [3.8, 4) is 5.69 Å². The molecule has 0 aliphatic carbocycles. The summed E-state index contributed by atoms with van der Waals surface area (Å²) in [7, 11) is 0. The molecule has 6 nitrogen and oxygen atoms in total. The van der Waals surface area contributed by atoms with E-state index in [0.717, 1.165) is 49.4 Å². The van der Waals surface area contributed by atoms with Crippen molar-refractivity contribution < 1.29 is 9.53 Å². The van der Waals surface area contributed by atoms with Gasteiger partial charge < -0.3 is 10.1 Å². The Morgan fingerprint density at radius 2 is 1.90 bits per heavy atom. The molecule has 3 aromatic rings. The summed E-state index contributed by atoms with van der Waals surface area (Å²) in [4.78, 5) is 19.4. The van der Waals surface area contributed by atoms with Gasteiger partial charge in [0.05, 0.1) is 19.0 Å². The molecule has 1 amide bonds. The van der Waals surface area contributed by atoms with Crippen LogP contribution >= 0.6 is 11.8 Å². The maximum absolute atomic E-state index is 12.6. The Labute approximate surface area is 187 Å². The number of rotatable bonds is 7. The van der Waals surface area contributed by atoms with Gasteiger partial charge in [0.25, 0.3) is 0 Å². The van der Waals surface area contributed by atoms with Gasteiger partial charge in [0.1, 0.15) is 0 Å². The number of ether oxygens (including phenoxy) is 1. The van der Waals surface area contributed by atoms with Crippen LogP contribution in [0.2, 0.25) is 0 Å². The fourth-order valence-electron chi connectivity index (χ4n) is 3.77. The normalized spacial score (nSPS) is 14.5. The standard InChI is InChI=1S/C24H28N4O2S/c1-18-12-19(2)14-22(13-18)28-7-6-25-24(28)31-17-23(29)26-21-5-3-4-20(15-21)16-27-8-10-30-11-9-27/h3-7,12-15H,8-11,16-17H2,1-2H3,(H,26,29). The van der Waals surface area contributed by atoms with E-state index in [1.165, 1.54) is 28.5 Å². The molecule has 0 radical (unpaired) electrons. The number of carbonyl (C=O) groups is 1. The second-order valence-corrected chi connectivity index (χ2v) is 8.79. The first-order chi connectivity index (χ1) is 15.1. The number of thioether (sulfide) groups is 1. The minimum atomic E-state index is -0.0384. The van der Waals surface area contributed by atoms with Crippen LogP contribution < -0.4 is 5.32 Å². The zero-order valence-electron chi connectivity index (χ0n) is 18.0. The number of nitrogens with zero attached hydrogens (tertiary/aromatic N) is 3. The SMILES string of the molecule is Cc1cc(C)cc(-n2ccnc2SCC(=O)Nc2cccc(CN3CCOCC3)c2)c1. The number of amides is 1. The van der Waals surface area contributed by atoms with E-state index in [1.807, 2.05) is 22.9 Å². The Kier molecular flexibility index (Phi) is 7.06. The lowest BCUT2D eigenvalue weighted by Crippen LogP contribution is -2.35. The highest BCUT2D eigenvalue weighted by molar-refractivity contribution is 7.99. The molecule has 1 aliphatic heterocycles. The largest absolute Gasteiger partial charge is 0.379 e. The number of anilines is 1. The topological polar surface area (TPSA) is 59.4 Å². The Balaban J connectivity index is 1.35. The molecule has 162 valence electrons. The number of carbonyl (C=O) groups excluding carboxylic acids is 1. The third-order valence-corrected chi connectivity index (χ3v) is 6.11. The first-order valence-corrected chi connectivity index (χ1v) is 11.5. The summed E-state index contributed by atoms with van der Waals surface area (Å²) < 4.78 is 7.44. The monoisotopic (exact) mass is 436 g/mol. The summed E-state index contributed by atoms with van der Waals surface area (Å²) in [6, 6.07) is 14.5. The molecule has 1 aliphatic rings. The quantitative estimate of drug-likeness (QED) is 0.566. The molecule has 2 heterocycles. The third-order valence-electron chi connectivity index (χ3n) is 5.14. The highest BCUT2D eigenvalue weighted by atomic mass is 32.2. The van der Waals surface area contributed by atoms with Crippen molar-refractivity contribution in [2.75, 3.05) is 37.4 Å². The number of aryl methyl sites for hydroxylation is 2. The van der Waals surface area contributed by atoms with Gasteiger partial charge in [-0.1, -0.05) is 30.0 Å². The van der Waals surface area contributed by atoms with Gasteiger partial charge in [-0.3, -0.25) is 14.3 Å². The van der Waals surface area contributed by atoms with E-state index in [0.29, 0.717) is 5.75 Å². The molecule has 0 saturated carbocycles. The second-order valence-electron chi connectivity index (χ2n) is 7.85. The van der Waals surface area contributed by atoms with E-state index in [4.69, 9.17) is 4.74 Å². The molecule has 1 aromatic heterocycles. The Hall–Kier alpha value is -2.61. The van der Waals surface area contributed by atoms with E-state index >= 15 is 0 Å². The lowest BCUT2D eigenvalue weighted by molar-refractivity contribution is -0.113. The van der Waals surface area contributed by atoms with Gasteiger partial charge in [-0.15, -0.1) is 0 Å². The van der Waals surface area contributed by atoms with Crippen LogP contribution in [0, 0.1) is 13.8 Å². The smallest absolute Gasteiger partial charge is 0.234 e. The lowest BCUT2D eigenvalue weighted by atomic mass is 10.1. The highest BCUT2D eigenvalue weighted by Crippen LogP contribution is 2.22. The van der Waals surface area contributed by atoms with Crippen LogP contribution in [-0.2, 0) is 16.1 Å². The van der Waals surface area contributed by atoms with Crippen LogP contribution in [0.5, 0.6) is 0 Å². The van der Waals surface area contributed by atoms with Gasteiger partial charge >= 0.3 is 0 Å². The molecule has 7 heteroatoms. The summed E-state index contributed by atoms with van der Waals surface area (Å²) in [6.07, 6.45) is 3.70. The van der Waals surface area contributed by atoms with E-state index in [9.17, 15) is 4.79 Å². The van der Waals surface area contributed by atoms with Gasteiger partial charge in [-0.05, 0) is 54.8 Å². The summed E-state index contributed by atoms with van der Waals surface area (Å²) in [5.74, 6) is 0.263. The number of aromatic nitrogens is 2. The van der Waals surface area contributed by atoms with Gasteiger partial charge in [-0.25, -0.2) is 4.98 Å². The Morgan fingerprint density at radius 3 is 2.68 bits per heavy atom. The number of hydrogen-bond donors (Lipinski definition) is 1. The molecule has 0 spiro atoms. The van der Waals surface area contributed by atoms with Crippen molar-refractivity contribution in [1.29, 1.82) is 0 Å². The number of nitrogens with one attached hydrogen (secondary N) is 1. The Bertz CT molecular complexity index is 1020. The van der Waals surface area contributed by atoms with Crippen molar-refractivity contribution >= 4 is 23.4 Å². The van der Waals surface area contributed by atoms with Crippen molar-refractivity contribution in [2.24, 2.45) is 0 Å². The molecule has 0 bridgehead atoms. The van der Waals surface area contributed by atoms with E-state index < -0.39 is 0 Å². The average Bonchev–Trinajstić information content (AvgIpc) is 3.21. The minimum absolute atomic E-state index is 0.0384. The van der Waals surface area contributed by atoms with Gasteiger partial charge in [-0.2, -0.15) is 0 Å². The summed E-state index contributed by atoms with van der Waals surface area (Å²) in [5, 5.41) is 3.83. The predicted octanol–water partition coefficient (Wildman–Crippen LogP) is 4.05. The van der Waals surface area contributed by atoms with Crippen LogP contribution in [0.4, 0.5) is 5.69 Å². The maximum Gasteiger partial charge on any atom is 0.234 e. The zero-order valence-corrected chi connectivity index (χ0v) is 18.8. The molecular formula is C24H28N4O2S. The van der Waals surface area contributed by atoms with Crippen molar-refractivity contribution in [1.82, 2.24) is 14.5 Å². The lowest BCUT2D eigenvalue weighted by Gasteiger charge is -2.26. The molecule has 0 atom stereocenters. The summed E-state index contributed by atoms with van der Waals surface area (Å²) in [6.45, 7) is 8.49. The first-order valence-electron chi connectivity index (χ1n) is 10.5. The molecule has 1 fully saturated rings. The number of imidazole rings is 1. The first kappa shape index (κ1) is 21.6. The van der Waals surface area contributed by atoms with Gasteiger partial charge in [0.2, 0.25) is 5.91 Å². The number of hydrogen-bond acceptors (Lipinski definition) is 5. The van der Waals surface area contributed by atoms with E-state index in [1.54, 1.807) is 6.20 Å². The minimum Gasteiger partial charge on any atom is -0.379 e. The van der Waals surface area contributed by atoms with E-state index in [2.05, 4.69) is 59.4 Å². The Morgan fingerprint density at radius 1 is 1.13 bits per heavy atom. The van der Waals surface area contributed by atoms with E-state index in [-0.39, 0.29) is 5.91 Å². The van der Waals surface area contributed by atoms with Crippen LogP contribution in [-0.4, -0.2) is 52.4 Å². The van der Waals surface area contributed by atoms with Crippen LogP contribution in [0.1, 0.15) is 16.7 Å². The molecule has 2 aromatic carbocycles. The second kappa shape index (κ2) is 10.1. The third kappa shape index (κ3) is 5.97. The fraction of sp³-hybridized carbons (Fsp3) is 0.333. The van der Waals surface area contributed by atoms with Crippen molar-refractivity contribution in [3.05, 3.63) is 71.5 Å². The van der Waals surface area contributed by atoms with Crippen molar-refractivity contribution in [2.45, 2.75) is 25.5 Å². The molecule has 31 heavy (non-hydrogen) atoms. The predicted molar refractivity (Wildman–Crippen MR) is 125 cm³/mol. The summed E-state index contributed by atoms with van der Waals surface area (Å²) in [5.41, 5.74) is 5.49. The summed E-state index contributed by atoms with van der Waals surface area (Å²) >= 11 is 1.44. The maximum atomic E-state index is 12.6. The van der Waals surface area contributed by atoms with Gasteiger partial charge in [0, 0.05) is 43.4 Å². The molecular weight excluding hydrogens is 408 g/mol. The van der Waals surface area contributed by atoms with Crippen LogP contribution in [0.25, 0.3) is 5.69 Å². The van der Waals surface area contributed by atoms with Gasteiger partial charge in [0.15, 0.2) is 5.16 Å². The highest BCUT2D eigenvalue weighted by Gasteiger charge is 2.12.